The highest BCUT2D eigenvalue weighted by Gasteiger charge is 2.29. The third kappa shape index (κ3) is 2.67. The molecule has 2 nitrogen and oxygen atoms in total. The van der Waals surface area contributed by atoms with Crippen molar-refractivity contribution >= 4 is 0 Å². The van der Waals surface area contributed by atoms with Gasteiger partial charge in [0.05, 0.1) is 0 Å². The van der Waals surface area contributed by atoms with Crippen molar-refractivity contribution < 1.29 is 0 Å². The molecular formula is C14H24N2. The van der Waals surface area contributed by atoms with Crippen LogP contribution in [0.5, 0.6) is 0 Å². The second-order valence-corrected chi connectivity index (χ2v) is 6.16. The second kappa shape index (κ2) is 4.25. The first-order chi connectivity index (χ1) is 7.45. The molecule has 0 N–H and O–H groups in total. The molecule has 90 valence electrons. The molecule has 0 aromatic carbocycles. The van der Waals surface area contributed by atoms with Crippen LogP contribution in [0.4, 0.5) is 0 Å². The molecule has 0 bridgehead atoms. The Morgan fingerprint density at radius 1 is 1.38 bits per heavy atom. The third-order valence-corrected chi connectivity index (χ3v) is 3.60. The first-order valence-corrected chi connectivity index (χ1v) is 6.32. The van der Waals surface area contributed by atoms with Gasteiger partial charge < -0.3 is 4.57 Å². The second-order valence-electron chi connectivity index (χ2n) is 6.16. The zero-order valence-electron chi connectivity index (χ0n) is 11.0. The molecule has 2 rings (SSSR count). The minimum atomic E-state index is 0.335. The van der Waals surface area contributed by atoms with Crippen molar-refractivity contribution in [2.45, 2.75) is 46.2 Å². The molecule has 0 unspecified atom stereocenters. The van der Waals surface area contributed by atoms with E-state index in [4.69, 9.17) is 0 Å². The van der Waals surface area contributed by atoms with Crippen molar-refractivity contribution in [2.75, 3.05) is 13.1 Å². The minimum Gasteiger partial charge on any atom is -0.354 e. The Labute approximate surface area is 99.3 Å². The van der Waals surface area contributed by atoms with Crippen molar-refractivity contribution in [1.29, 1.82) is 0 Å². The summed E-state index contributed by atoms with van der Waals surface area (Å²) in [7, 11) is 0. The van der Waals surface area contributed by atoms with E-state index < -0.39 is 0 Å². The first-order valence-electron chi connectivity index (χ1n) is 6.32. The maximum Gasteiger partial charge on any atom is 0.0260 e. The lowest BCUT2D eigenvalue weighted by atomic mass is 10.1. The fourth-order valence-electron chi connectivity index (χ4n) is 2.56. The van der Waals surface area contributed by atoms with Gasteiger partial charge in [0.1, 0.15) is 0 Å². The van der Waals surface area contributed by atoms with Gasteiger partial charge in [-0.3, -0.25) is 4.90 Å². The summed E-state index contributed by atoms with van der Waals surface area (Å²) in [6.07, 6.45) is 5.79. The molecule has 1 aliphatic heterocycles. The van der Waals surface area contributed by atoms with Gasteiger partial charge in [0.15, 0.2) is 0 Å². The SMILES string of the molecule is Cc1ccn(C[C@@H]2CCN(C(C)(C)C)C2)c1. The van der Waals surface area contributed by atoms with Gasteiger partial charge >= 0.3 is 0 Å². The number of hydrogen-bond donors (Lipinski definition) is 0. The van der Waals surface area contributed by atoms with Crippen LogP contribution in [0.3, 0.4) is 0 Å². The van der Waals surface area contributed by atoms with E-state index in [1.54, 1.807) is 0 Å². The highest BCUT2D eigenvalue weighted by atomic mass is 15.2. The normalized spacial score (nSPS) is 22.9. The van der Waals surface area contributed by atoms with E-state index in [2.05, 4.69) is 55.6 Å². The van der Waals surface area contributed by atoms with Crippen LogP contribution >= 0.6 is 0 Å². The molecule has 1 fully saturated rings. The predicted molar refractivity (Wildman–Crippen MR) is 68.6 cm³/mol. The molecule has 0 aliphatic carbocycles. The first kappa shape index (κ1) is 11.7. The summed E-state index contributed by atoms with van der Waals surface area (Å²) in [4.78, 5) is 2.61. The van der Waals surface area contributed by atoms with Crippen molar-refractivity contribution in [2.24, 2.45) is 5.92 Å². The monoisotopic (exact) mass is 220 g/mol. The van der Waals surface area contributed by atoms with Crippen LogP contribution in [0, 0.1) is 12.8 Å². The number of likely N-dealkylation sites (tertiary alicyclic amines) is 1. The molecule has 1 saturated heterocycles. The molecule has 2 heteroatoms. The van der Waals surface area contributed by atoms with E-state index in [0.29, 0.717) is 5.54 Å². The van der Waals surface area contributed by atoms with Crippen molar-refractivity contribution in [3.8, 4) is 0 Å². The molecule has 0 radical (unpaired) electrons. The number of aryl methyl sites for hydroxylation is 1. The van der Waals surface area contributed by atoms with E-state index in [-0.39, 0.29) is 0 Å². The van der Waals surface area contributed by atoms with E-state index in [9.17, 15) is 0 Å². The molecule has 0 spiro atoms. The summed E-state index contributed by atoms with van der Waals surface area (Å²) < 4.78 is 2.34. The standard InChI is InChI=1S/C14H24N2/c1-12-5-7-15(9-12)10-13-6-8-16(11-13)14(2,3)4/h5,7,9,13H,6,8,10-11H2,1-4H3/t13-/m0/s1. The number of nitrogens with zero attached hydrogens (tertiary/aromatic N) is 2. The molecule has 0 saturated carbocycles. The molecule has 16 heavy (non-hydrogen) atoms. The Morgan fingerprint density at radius 3 is 2.62 bits per heavy atom. The van der Waals surface area contributed by atoms with Crippen molar-refractivity contribution in [1.82, 2.24) is 9.47 Å². The average molecular weight is 220 g/mol. The lowest BCUT2D eigenvalue weighted by Crippen LogP contribution is -2.39. The van der Waals surface area contributed by atoms with Crippen molar-refractivity contribution in [3.05, 3.63) is 24.0 Å². The average Bonchev–Trinajstić information content (AvgIpc) is 2.74. The van der Waals surface area contributed by atoms with E-state index >= 15 is 0 Å². The van der Waals surface area contributed by atoms with Crippen LogP contribution in [0.2, 0.25) is 0 Å². The zero-order chi connectivity index (χ0) is 11.8. The zero-order valence-corrected chi connectivity index (χ0v) is 11.0. The van der Waals surface area contributed by atoms with Gasteiger partial charge in [-0.1, -0.05) is 0 Å². The summed E-state index contributed by atoms with van der Waals surface area (Å²) in [5.74, 6) is 0.825. The molecule has 1 aliphatic rings. The van der Waals surface area contributed by atoms with Crippen LogP contribution in [-0.4, -0.2) is 28.1 Å². The summed E-state index contributed by atoms with van der Waals surface area (Å²) in [5, 5.41) is 0. The minimum absolute atomic E-state index is 0.335. The third-order valence-electron chi connectivity index (χ3n) is 3.60. The van der Waals surface area contributed by atoms with Gasteiger partial charge in [-0.05, 0) is 58.2 Å². The predicted octanol–water partition coefficient (Wildman–Crippen LogP) is 2.92. The van der Waals surface area contributed by atoms with Crippen LogP contribution in [0.25, 0.3) is 0 Å². The van der Waals surface area contributed by atoms with Crippen LogP contribution < -0.4 is 0 Å². The number of hydrogen-bond acceptors (Lipinski definition) is 1. The molecule has 0 amide bonds. The van der Waals surface area contributed by atoms with E-state index in [1.165, 1.54) is 31.6 Å². The fraction of sp³-hybridized carbons (Fsp3) is 0.714. The Morgan fingerprint density at radius 2 is 2.12 bits per heavy atom. The Bertz CT molecular complexity index is 346. The van der Waals surface area contributed by atoms with Gasteiger partial charge in [0.2, 0.25) is 0 Å². The molecule has 2 heterocycles. The fourth-order valence-corrected chi connectivity index (χ4v) is 2.56. The molecule has 1 aromatic rings. The summed E-state index contributed by atoms with van der Waals surface area (Å²) >= 11 is 0. The summed E-state index contributed by atoms with van der Waals surface area (Å²) in [6, 6.07) is 2.19. The van der Waals surface area contributed by atoms with Gasteiger partial charge in [0, 0.05) is 31.0 Å². The Hall–Kier alpha value is -0.760. The quantitative estimate of drug-likeness (QED) is 0.744. The van der Waals surface area contributed by atoms with E-state index in [0.717, 1.165) is 5.92 Å². The Kier molecular flexibility index (Phi) is 3.11. The maximum absolute atomic E-state index is 2.61. The lowest BCUT2D eigenvalue weighted by Gasteiger charge is -2.31. The van der Waals surface area contributed by atoms with Gasteiger partial charge in [-0.15, -0.1) is 0 Å². The summed E-state index contributed by atoms with van der Waals surface area (Å²) in [6.45, 7) is 12.8. The molecule has 1 aromatic heterocycles. The largest absolute Gasteiger partial charge is 0.354 e. The van der Waals surface area contributed by atoms with Gasteiger partial charge in [-0.2, -0.15) is 0 Å². The smallest absolute Gasteiger partial charge is 0.0260 e. The van der Waals surface area contributed by atoms with Crippen LogP contribution in [-0.2, 0) is 6.54 Å². The number of rotatable bonds is 2. The molecular weight excluding hydrogens is 196 g/mol. The Balaban J connectivity index is 1.90. The highest BCUT2D eigenvalue weighted by Crippen LogP contribution is 2.25. The number of aromatic nitrogens is 1. The topological polar surface area (TPSA) is 8.17 Å². The maximum atomic E-state index is 2.61. The van der Waals surface area contributed by atoms with E-state index in [1.807, 2.05) is 0 Å². The van der Waals surface area contributed by atoms with Gasteiger partial charge in [-0.25, -0.2) is 0 Å². The van der Waals surface area contributed by atoms with Crippen LogP contribution in [0.15, 0.2) is 18.5 Å². The highest BCUT2D eigenvalue weighted by molar-refractivity contribution is 5.07. The lowest BCUT2D eigenvalue weighted by molar-refractivity contribution is 0.166. The van der Waals surface area contributed by atoms with Crippen molar-refractivity contribution in [3.63, 3.8) is 0 Å². The van der Waals surface area contributed by atoms with Gasteiger partial charge in [0.25, 0.3) is 0 Å². The summed E-state index contributed by atoms with van der Waals surface area (Å²) in [5.41, 5.74) is 1.70. The van der Waals surface area contributed by atoms with Crippen LogP contribution in [0.1, 0.15) is 32.8 Å². The molecule has 1 atom stereocenters.